The van der Waals surface area contributed by atoms with Crippen molar-refractivity contribution in [3.63, 3.8) is 0 Å². The normalized spacial score (nSPS) is 15.7. The van der Waals surface area contributed by atoms with E-state index in [1.54, 1.807) is 0 Å². The van der Waals surface area contributed by atoms with Crippen LogP contribution in [0.4, 0.5) is 0 Å². The molecule has 1 aliphatic heterocycles. The fourth-order valence-corrected chi connectivity index (χ4v) is 3.42. The molecule has 0 spiro atoms. The van der Waals surface area contributed by atoms with Crippen LogP contribution < -0.4 is 0 Å². The number of hydrogen-bond donors (Lipinski definition) is 1. The van der Waals surface area contributed by atoms with Gasteiger partial charge in [0, 0.05) is 29.9 Å². The summed E-state index contributed by atoms with van der Waals surface area (Å²) in [4.78, 5) is 2.21. The summed E-state index contributed by atoms with van der Waals surface area (Å²) >= 11 is 0. The van der Waals surface area contributed by atoms with Crippen molar-refractivity contribution < 1.29 is 17.5 Å². The van der Waals surface area contributed by atoms with Gasteiger partial charge in [-0.15, -0.1) is 0 Å². The van der Waals surface area contributed by atoms with Gasteiger partial charge in [0.2, 0.25) is 0 Å². The highest BCUT2D eigenvalue weighted by Crippen LogP contribution is 2.24. The second-order valence-corrected chi connectivity index (χ2v) is 8.51. The summed E-state index contributed by atoms with van der Waals surface area (Å²) in [5.41, 5.74) is 3.86. The highest BCUT2D eigenvalue weighted by Gasteiger charge is 2.20. The quantitative estimate of drug-likeness (QED) is 0.431. The van der Waals surface area contributed by atoms with Crippen molar-refractivity contribution in [1.82, 2.24) is 4.90 Å². The molecular formula is C17H28N3O3S+. The Balaban J connectivity index is 2.63. The molecule has 0 aliphatic carbocycles. The van der Waals surface area contributed by atoms with E-state index in [2.05, 4.69) is 11.0 Å². The summed E-state index contributed by atoms with van der Waals surface area (Å²) < 4.78 is 31.2. The van der Waals surface area contributed by atoms with Crippen molar-refractivity contribution in [3.8, 4) is 6.07 Å². The minimum absolute atomic E-state index is 0.219. The van der Waals surface area contributed by atoms with Gasteiger partial charge in [0.25, 0.3) is 10.1 Å². The number of hydrogen-bond acceptors (Lipinski definition) is 4. The van der Waals surface area contributed by atoms with Gasteiger partial charge < -0.3 is 9.38 Å². The fourth-order valence-electron chi connectivity index (χ4n) is 2.69. The maximum atomic E-state index is 10.9. The lowest BCUT2D eigenvalue weighted by Crippen LogP contribution is -2.44. The van der Waals surface area contributed by atoms with Crippen LogP contribution in [0.1, 0.15) is 27.2 Å². The summed E-state index contributed by atoms with van der Waals surface area (Å²) in [7, 11) is 0.0115. The van der Waals surface area contributed by atoms with Gasteiger partial charge in [-0.3, -0.25) is 4.55 Å². The zero-order valence-corrected chi connectivity index (χ0v) is 16.0. The summed E-state index contributed by atoms with van der Waals surface area (Å²) in [5, 5.41) is 9.02. The predicted octanol–water partition coefficient (Wildman–Crippen LogP) is 2.30. The fraction of sp³-hybridized carbons (Fsp3) is 0.588. The van der Waals surface area contributed by atoms with Crippen LogP contribution in [0.2, 0.25) is 0 Å². The molecule has 1 rings (SSSR count). The van der Waals surface area contributed by atoms with Gasteiger partial charge in [-0.1, -0.05) is 0 Å². The average molecular weight is 354 g/mol. The first kappa shape index (κ1) is 20.4. The van der Waals surface area contributed by atoms with Gasteiger partial charge in [-0.2, -0.15) is 13.7 Å². The standard InChI is InChI=1S/C17H27N3O3S/c1-14(13-18)17-11-15(2)19(16(3)12-17)7-6-8-20(4,5)9-10-24(21,22)23/h11-12H,6-10H2,1-5H3/p+1. The first-order valence-corrected chi connectivity index (χ1v) is 9.58. The van der Waals surface area contributed by atoms with Crippen molar-refractivity contribution in [3.05, 3.63) is 34.7 Å². The van der Waals surface area contributed by atoms with Crippen LogP contribution in [0.25, 0.3) is 0 Å². The van der Waals surface area contributed by atoms with Crippen LogP contribution in [-0.4, -0.2) is 61.8 Å². The Morgan fingerprint density at radius 2 is 1.79 bits per heavy atom. The van der Waals surface area contributed by atoms with E-state index < -0.39 is 10.1 Å². The molecule has 0 amide bonds. The first-order chi connectivity index (χ1) is 10.9. The highest BCUT2D eigenvalue weighted by molar-refractivity contribution is 7.85. The molecule has 0 bridgehead atoms. The van der Waals surface area contributed by atoms with E-state index in [0.717, 1.165) is 36.5 Å². The molecule has 7 heteroatoms. The van der Waals surface area contributed by atoms with Gasteiger partial charge in [0.05, 0.1) is 33.3 Å². The Kier molecular flexibility index (Phi) is 6.78. The second kappa shape index (κ2) is 7.97. The van der Waals surface area contributed by atoms with E-state index in [4.69, 9.17) is 9.81 Å². The Bertz CT molecular complexity index is 688. The van der Waals surface area contributed by atoms with Crippen LogP contribution in [0.5, 0.6) is 0 Å². The maximum absolute atomic E-state index is 10.9. The summed E-state index contributed by atoms with van der Waals surface area (Å²) in [6.45, 7) is 7.90. The molecule has 1 N–H and O–H groups in total. The van der Waals surface area contributed by atoms with Crippen LogP contribution in [0.15, 0.2) is 34.7 Å². The van der Waals surface area contributed by atoms with Gasteiger partial charge in [-0.05, 0) is 38.5 Å². The van der Waals surface area contributed by atoms with Crippen molar-refractivity contribution in [2.75, 3.05) is 39.5 Å². The van der Waals surface area contributed by atoms with E-state index in [1.165, 1.54) is 0 Å². The molecule has 0 saturated heterocycles. The van der Waals surface area contributed by atoms with E-state index in [1.807, 2.05) is 47.0 Å². The Labute approximate surface area is 145 Å². The minimum Gasteiger partial charge on any atom is -0.349 e. The number of nitrogens with zero attached hydrogens (tertiary/aromatic N) is 3. The van der Waals surface area contributed by atoms with Crippen LogP contribution >= 0.6 is 0 Å². The van der Waals surface area contributed by atoms with Gasteiger partial charge >= 0.3 is 0 Å². The molecule has 1 heterocycles. The smallest absolute Gasteiger partial charge is 0.270 e. The molecule has 6 nitrogen and oxygen atoms in total. The molecule has 0 fully saturated rings. The molecular weight excluding hydrogens is 326 g/mol. The van der Waals surface area contributed by atoms with E-state index in [0.29, 0.717) is 16.6 Å². The predicted molar refractivity (Wildman–Crippen MR) is 95.4 cm³/mol. The molecule has 0 atom stereocenters. The third-order valence-corrected chi connectivity index (χ3v) is 4.98. The maximum Gasteiger partial charge on any atom is 0.270 e. The summed E-state index contributed by atoms with van der Waals surface area (Å²) in [6.07, 6.45) is 4.93. The third-order valence-electron chi connectivity index (χ3n) is 4.28. The Hall–Kier alpha value is -1.62. The summed E-state index contributed by atoms with van der Waals surface area (Å²) in [5.74, 6) is -0.219. The van der Waals surface area contributed by atoms with Crippen LogP contribution in [-0.2, 0) is 10.1 Å². The largest absolute Gasteiger partial charge is 0.349 e. The SMILES string of the molecule is CC1=CC(=C(C)C#N)C=C(C)N1CCC[N+](C)(C)CCS(=O)(=O)O. The molecule has 0 saturated carbocycles. The monoisotopic (exact) mass is 354 g/mol. The van der Waals surface area contributed by atoms with Crippen molar-refractivity contribution in [1.29, 1.82) is 5.26 Å². The molecule has 1 aliphatic rings. The van der Waals surface area contributed by atoms with Crippen LogP contribution in [0.3, 0.4) is 0 Å². The Morgan fingerprint density at radius 1 is 1.25 bits per heavy atom. The van der Waals surface area contributed by atoms with E-state index in [-0.39, 0.29) is 5.75 Å². The Morgan fingerprint density at radius 3 is 2.25 bits per heavy atom. The summed E-state index contributed by atoms with van der Waals surface area (Å²) in [6, 6.07) is 2.18. The zero-order valence-electron chi connectivity index (χ0n) is 15.2. The molecule has 0 aromatic rings. The molecule has 24 heavy (non-hydrogen) atoms. The average Bonchev–Trinajstić information content (AvgIpc) is 2.46. The highest BCUT2D eigenvalue weighted by atomic mass is 32.2. The number of allylic oxidation sites excluding steroid dienone is 6. The van der Waals surface area contributed by atoms with Gasteiger partial charge in [-0.25, -0.2) is 0 Å². The topological polar surface area (TPSA) is 81.4 Å². The van der Waals surface area contributed by atoms with Gasteiger partial charge in [0.15, 0.2) is 0 Å². The molecule has 134 valence electrons. The minimum atomic E-state index is -3.91. The van der Waals surface area contributed by atoms with Crippen molar-refractivity contribution in [2.24, 2.45) is 0 Å². The lowest BCUT2D eigenvalue weighted by molar-refractivity contribution is -0.888. The number of quaternary nitrogens is 1. The molecule has 0 aromatic heterocycles. The molecule has 0 radical (unpaired) electrons. The van der Waals surface area contributed by atoms with Crippen molar-refractivity contribution in [2.45, 2.75) is 27.2 Å². The lowest BCUT2D eigenvalue weighted by Gasteiger charge is -2.33. The number of nitriles is 1. The van der Waals surface area contributed by atoms with Gasteiger partial charge in [0.1, 0.15) is 5.75 Å². The second-order valence-electron chi connectivity index (χ2n) is 6.94. The van der Waals surface area contributed by atoms with E-state index in [9.17, 15) is 8.42 Å². The van der Waals surface area contributed by atoms with Crippen LogP contribution in [0, 0.1) is 11.3 Å². The molecule has 0 unspecified atom stereocenters. The molecule has 0 aromatic carbocycles. The van der Waals surface area contributed by atoms with E-state index >= 15 is 0 Å². The number of rotatable bonds is 7. The first-order valence-electron chi connectivity index (χ1n) is 7.97. The third kappa shape index (κ3) is 6.48. The lowest BCUT2D eigenvalue weighted by atomic mass is 10.0. The zero-order chi connectivity index (χ0) is 18.5. The van der Waals surface area contributed by atoms with Crippen molar-refractivity contribution >= 4 is 10.1 Å².